The Kier molecular flexibility index (Phi) is 7.59. The van der Waals surface area contributed by atoms with E-state index >= 15 is 0 Å². The minimum atomic E-state index is 0.430. The lowest BCUT2D eigenvalue weighted by molar-refractivity contribution is 0.499. The fraction of sp³-hybridized carbons (Fsp3) is 0.800. The van der Waals surface area contributed by atoms with Crippen LogP contribution in [0.25, 0.3) is 0 Å². The van der Waals surface area contributed by atoms with E-state index < -0.39 is 0 Å². The molecule has 0 saturated carbocycles. The van der Waals surface area contributed by atoms with Crippen LogP contribution < -0.4 is 0 Å². The van der Waals surface area contributed by atoms with Gasteiger partial charge in [-0.1, -0.05) is 0 Å². The molecule has 0 aromatic carbocycles. The van der Waals surface area contributed by atoms with Gasteiger partial charge in [0.2, 0.25) is 0 Å². The standard InChI is InChI=1S/C5H10BCl2NO/c7-1-3-9(4-2-8)6-5-10/h5-6H,1-4H2. The van der Waals surface area contributed by atoms with E-state index in [0.717, 1.165) is 19.3 Å². The smallest absolute Gasteiger partial charge is 0.281 e. The van der Waals surface area contributed by atoms with Gasteiger partial charge in [-0.25, -0.2) is 0 Å². The summed E-state index contributed by atoms with van der Waals surface area (Å²) in [7, 11) is 0.430. The molecule has 0 amide bonds. The van der Waals surface area contributed by atoms with Crippen molar-refractivity contribution in [1.29, 1.82) is 0 Å². The predicted molar refractivity (Wildman–Crippen MR) is 46.9 cm³/mol. The van der Waals surface area contributed by atoms with E-state index in [-0.39, 0.29) is 0 Å². The van der Waals surface area contributed by atoms with Crippen molar-refractivity contribution < 1.29 is 4.79 Å². The van der Waals surface area contributed by atoms with Crippen LogP contribution >= 0.6 is 23.2 Å². The van der Waals surface area contributed by atoms with Crippen LogP contribution in [0, 0.1) is 0 Å². The summed E-state index contributed by atoms with van der Waals surface area (Å²) in [4.78, 5) is 11.9. The van der Waals surface area contributed by atoms with Crippen molar-refractivity contribution in [3.63, 3.8) is 0 Å². The lowest BCUT2D eigenvalue weighted by Gasteiger charge is -2.14. The van der Waals surface area contributed by atoms with E-state index in [2.05, 4.69) is 0 Å². The Balaban J connectivity index is 3.38. The molecule has 0 aliphatic carbocycles. The highest BCUT2D eigenvalue weighted by atomic mass is 35.5. The van der Waals surface area contributed by atoms with Gasteiger partial charge in [-0.3, -0.25) is 0 Å². The summed E-state index contributed by atoms with van der Waals surface area (Å²) in [6.45, 7) is 1.46. The van der Waals surface area contributed by atoms with Gasteiger partial charge in [0.15, 0.2) is 0 Å². The van der Waals surface area contributed by atoms with Gasteiger partial charge in [0.1, 0.15) is 0 Å². The van der Waals surface area contributed by atoms with Crippen LogP contribution in [0.15, 0.2) is 0 Å². The van der Waals surface area contributed by atoms with Gasteiger partial charge in [-0.05, 0) is 0 Å². The number of rotatable bonds is 6. The van der Waals surface area contributed by atoms with Gasteiger partial charge >= 0.3 is 0 Å². The average molecular weight is 182 g/mol. The monoisotopic (exact) mass is 181 g/mol. The molecule has 0 aromatic heterocycles. The maximum Gasteiger partial charge on any atom is 0.281 e. The van der Waals surface area contributed by atoms with Gasteiger partial charge in [0, 0.05) is 24.8 Å². The molecule has 5 heteroatoms. The van der Waals surface area contributed by atoms with Gasteiger partial charge in [0.05, 0.1) is 6.19 Å². The minimum absolute atomic E-state index is 0.430. The third-order valence-corrected chi connectivity index (χ3v) is 1.47. The minimum Gasteiger partial charge on any atom is -0.336 e. The molecule has 0 aliphatic rings. The first kappa shape index (κ1) is 10.3. The van der Waals surface area contributed by atoms with Gasteiger partial charge in [-0.15, -0.1) is 23.2 Å². The summed E-state index contributed by atoms with van der Waals surface area (Å²) in [5, 5.41) is 0. The first-order valence-electron chi connectivity index (χ1n) is 3.13. The topological polar surface area (TPSA) is 20.3 Å². The maximum atomic E-state index is 10.0. The summed E-state index contributed by atoms with van der Waals surface area (Å²) in [6.07, 6.45) is 0.860. The fourth-order valence-corrected chi connectivity index (χ4v) is 1.12. The molecule has 0 spiro atoms. The number of halogens is 2. The zero-order valence-electron chi connectivity index (χ0n) is 5.72. The van der Waals surface area contributed by atoms with Crippen molar-refractivity contribution in [2.24, 2.45) is 0 Å². The van der Waals surface area contributed by atoms with E-state index in [9.17, 15) is 4.79 Å². The second-order valence-corrected chi connectivity index (χ2v) is 2.60. The van der Waals surface area contributed by atoms with Gasteiger partial charge < -0.3 is 9.61 Å². The highest BCUT2D eigenvalue weighted by Gasteiger charge is 2.02. The number of hydrogen-bond donors (Lipinski definition) is 0. The molecule has 0 radical (unpaired) electrons. The summed E-state index contributed by atoms with van der Waals surface area (Å²) < 4.78 is 0. The Bertz CT molecular complexity index is 87.7. The molecule has 58 valence electrons. The highest BCUT2D eigenvalue weighted by Crippen LogP contribution is 1.87. The van der Waals surface area contributed by atoms with E-state index in [1.54, 1.807) is 0 Å². The molecule has 0 aromatic rings. The quantitative estimate of drug-likeness (QED) is 0.334. The van der Waals surface area contributed by atoms with Crippen LogP contribution in [0.3, 0.4) is 0 Å². The molecule has 0 atom stereocenters. The van der Waals surface area contributed by atoms with Crippen molar-refractivity contribution >= 4 is 36.8 Å². The largest absolute Gasteiger partial charge is 0.336 e. The average Bonchev–Trinajstić information content (AvgIpc) is 1.90. The molecule has 0 aliphatic heterocycles. The molecule has 0 heterocycles. The number of nitrogens with zero attached hydrogens (tertiary/aromatic N) is 1. The Hall–Kier alpha value is 0.275. The van der Waals surface area contributed by atoms with Crippen molar-refractivity contribution in [2.45, 2.75) is 0 Å². The van der Waals surface area contributed by atoms with Crippen LogP contribution in [0.5, 0.6) is 0 Å². The van der Waals surface area contributed by atoms with Gasteiger partial charge in [-0.2, -0.15) is 0 Å². The summed E-state index contributed by atoms with van der Waals surface area (Å²) in [6, 6.07) is 0. The van der Waals surface area contributed by atoms with Crippen LogP contribution in [-0.2, 0) is 4.79 Å². The molecular formula is C5H10BCl2NO. The van der Waals surface area contributed by atoms with Crippen LogP contribution in [0.2, 0.25) is 0 Å². The molecule has 0 bridgehead atoms. The number of carbonyl (C=O) groups is 1. The Morgan fingerprint density at radius 3 is 2.10 bits per heavy atom. The Morgan fingerprint density at radius 2 is 1.80 bits per heavy atom. The highest BCUT2D eigenvalue weighted by molar-refractivity contribution is 6.64. The third kappa shape index (κ3) is 5.09. The zero-order chi connectivity index (χ0) is 7.82. The molecule has 0 unspecified atom stereocenters. The van der Waals surface area contributed by atoms with Crippen molar-refractivity contribution in [2.75, 3.05) is 24.8 Å². The van der Waals surface area contributed by atoms with Crippen LogP contribution in [0.1, 0.15) is 0 Å². The normalized spacial score (nSPS) is 9.90. The molecule has 0 N–H and O–H groups in total. The van der Waals surface area contributed by atoms with Crippen LogP contribution in [-0.4, -0.2) is 43.3 Å². The summed E-state index contributed by atoms with van der Waals surface area (Å²) in [5.41, 5.74) is 0. The van der Waals surface area contributed by atoms with Crippen molar-refractivity contribution in [3.8, 4) is 0 Å². The van der Waals surface area contributed by atoms with E-state index in [1.807, 2.05) is 4.81 Å². The first-order valence-corrected chi connectivity index (χ1v) is 4.20. The summed E-state index contributed by atoms with van der Waals surface area (Å²) >= 11 is 10.9. The maximum absolute atomic E-state index is 10.0. The molecule has 2 nitrogen and oxygen atoms in total. The lowest BCUT2D eigenvalue weighted by Crippen LogP contribution is -2.32. The molecule has 0 fully saturated rings. The Labute approximate surface area is 71.7 Å². The zero-order valence-corrected chi connectivity index (χ0v) is 7.24. The molecular weight excluding hydrogens is 172 g/mol. The third-order valence-electron chi connectivity index (χ3n) is 1.13. The molecule has 10 heavy (non-hydrogen) atoms. The van der Waals surface area contributed by atoms with E-state index in [4.69, 9.17) is 23.2 Å². The van der Waals surface area contributed by atoms with E-state index in [0.29, 0.717) is 19.2 Å². The number of carbonyl (C=O) groups excluding carboxylic acids is 1. The second-order valence-electron chi connectivity index (χ2n) is 1.85. The Morgan fingerprint density at radius 1 is 1.30 bits per heavy atom. The predicted octanol–water partition coefficient (Wildman–Crippen LogP) is 0.308. The second kappa shape index (κ2) is 7.38. The van der Waals surface area contributed by atoms with E-state index in [1.165, 1.54) is 0 Å². The SMILES string of the molecule is O=CBN(CCCl)CCCl. The molecule has 0 saturated heterocycles. The molecule has 0 rings (SSSR count). The summed E-state index contributed by atoms with van der Waals surface area (Å²) in [5.74, 6) is 1.09. The first-order chi connectivity index (χ1) is 4.85. The van der Waals surface area contributed by atoms with Gasteiger partial charge in [0.25, 0.3) is 7.41 Å². The van der Waals surface area contributed by atoms with Crippen LogP contribution in [0.4, 0.5) is 0 Å². The lowest BCUT2D eigenvalue weighted by atomic mass is 9.95. The number of hydrogen-bond acceptors (Lipinski definition) is 2. The number of alkyl halides is 2. The fourth-order valence-electron chi connectivity index (χ4n) is 0.639. The van der Waals surface area contributed by atoms with Crippen molar-refractivity contribution in [1.82, 2.24) is 4.81 Å². The van der Waals surface area contributed by atoms with Crippen molar-refractivity contribution in [3.05, 3.63) is 0 Å².